The quantitative estimate of drug-likeness (QED) is 0.747. The van der Waals surface area contributed by atoms with Gasteiger partial charge in [-0.15, -0.1) is 0 Å². The second kappa shape index (κ2) is 5.23. The zero-order chi connectivity index (χ0) is 10.6. The average molecular weight is 233 g/mol. The summed E-state index contributed by atoms with van der Waals surface area (Å²) in [5.74, 6) is 0.729. The second-order valence-electron chi connectivity index (χ2n) is 2.81. The minimum atomic E-state index is -0.355. The van der Waals surface area contributed by atoms with E-state index in [4.69, 9.17) is 27.9 Å². The van der Waals surface area contributed by atoms with Crippen molar-refractivity contribution in [1.29, 1.82) is 0 Å². The Morgan fingerprint density at radius 3 is 2.79 bits per heavy atom. The monoisotopic (exact) mass is 232 g/mol. The SMILES string of the molecule is COc1ccc(Cl)cc1CCC(=O)Cl. The summed E-state index contributed by atoms with van der Waals surface area (Å²) in [5, 5.41) is 0.273. The largest absolute Gasteiger partial charge is 0.496 e. The number of benzene rings is 1. The van der Waals surface area contributed by atoms with E-state index in [2.05, 4.69) is 0 Å². The maximum absolute atomic E-state index is 10.6. The highest BCUT2D eigenvalue weighted by Crippen LogP contribution is 2.23. The number of ether oxygens (including phenoxy) is 1. The molecule has 1 aromatic rings. The fraction of sp³-hybridized carbons (Fsp3) is 0.300. The van der Waals surface area contributed by atoms with Gasteiger partial charge in [-0.3, -0.25) is 4.79 Å². The molecule has 0 aliphatic carbocycles. The van der Waals surface area contributed by atoms with Crippen LogP contribution in [0.2, 0.25) is 5.02 Å². The van der Waals surface area contributed by atoms with Gasteiger partial charge in [0.1, 0.15) is 5.75 Å². The summed E-state index contributed by atoms with van der Waals surface area (Å²) in [5.41, 5.74) is 0.897. The molecule has 0 bridgehead atoms. The molecule has 1 rings (SSSR count). The van der Waals surface area contributed by atoms with Crippen LogP contribution in [0.25, 0.3) is 0 Å². The smallest absolute Gasteiger partial charge is 0.221 e. The van der Waals surface area contributed by atoms with Crippen molar-refractivity contribution in [3.63, 3.8) is 0 Å². The topological polar surface area (TPSA) is 26.3 Å². The summed E-state index contributed by atoms with van der Waals surface area (Å²) in [4.78, 5) is 10.6. The van der Waals surface area contributed by atoms with Gasteiger partial charge in [0.05, 0.1) is 7.11 Å². The molecule has 4 heteroatoms. The molecule has 1 aromatic carbocycles. The standard InChI is InChI=1S/C10H10Cl2O2/c1-14-9-4-3-8(11)6-7(9)2-5-10(12)13/h3-4,6H,2,5H2,1H3. The van der Waals surface area contributed by atoms with Crippen LogP contribution in [0, 0.1) is 0 Å². The minimum absolute atomic E-state index is 0.290. The number of aryl methyl sites for hydroxylation is 1. The molecule has 0 unspecified atom stereocenters. The van der Waals surface area contributed by atoms with E-state index in [-0.39, 0.29) is 11.7 Å². The van der Waals surface area contributed by atoms with Crippen LogP contribution in [0.15, 0.2) is 18.2 Å². The lowest BCUT2D eigenvalue weighted by molar-refractivity contribution is -0.111. The van der Waals surface area contributed by atoms with E-state index in [9.17, 15) is 4.79 Å². The van der Waals surface area contributed by atoms with Crippen molar-refractivity contribution in [2.45, 2.75) is 12.8 Å². The van der Waals surface area contributed by atoms with Gasteiger partial charge in [-0.25, -0.2) is 0 Å². The molecular weight excluding hydrogens is 223 g/mol. The molecule has 0 aliphatic rings. The van der Waals surface area contributed by atoms with Crippen molar-refractivity contribution in [3.8, 4) is 5.75 Å². The summed E-state index contributed by atoms with van der Waals surface area (Å²) >= 11 is 11.1. The number of carbonyl (C=O) groups is 1. The van der Waals surface area contributed by atoms with Crippen LogP contribution in [-0.4, -0.2) is 12.4 Å². The molecular formula is C10H10Cl2O2. The van der Waals surface area contributed by atoms with E-state index in [1.807, 2.05) is 0 Å². The van der Waals surface area contributed by atoms with Gasteiger partial charge >= 0.3 is 0 Å². The van der Waals surface area contributed by atoms with Crippen molar-refractivity contribution in [3.05, 3.63) is 28.8 Å². The van der Waals surface area contributed by atoms with Crippen molar-refractivity contribution < 1.29 is 9.53 Å². The summed E-state index contributed by atoms with van der Waals surface area (Å²) in [6.07, 6.45) is 0.838. The van der Waals surface area contributed by atoms with Crippen LogP contribution in [0.5, 0.6) is 5.75 Å². The highest BCUT2D eigenvalue weighted by atomic mass is 35.5. The second-order valence-corrected chi connectivity index (χ2v) is 3.67. The number of halogens is 2. The van der Waals surface area contributed by atoms with Gasteiger partial charge < -0.3 is 4.74 Å². The van der Waals surface area contributed by atoms with Crippen LogP contribution in [0.3, 0.4) is 0 Å². The predicted molar refractivity (Wildman–Crippen MR) is 57.2 cm³/mol. The molecule has 0 spiro atoms. The molecule has 2 nitrogen and oxygen atoms in total. The number of rotatable bonds is 4. The summed E-state index contributed by atoms with van der Waals surface area (Å²) < 4.78 is 5.12. The Labute approximate surface area is 92.8 Å². The van der Waals surface area contributed by atoms with E-state index < -0.39 is 0 Å². The van der Waals surface area contributed by atoms with Gasteiger partial charge in [-0.05, 0) is 41.8 Å². The number of methoxy groups -OCH3 is 1. The highest BCUT2D eigenvalue weighted by molar-refractivity contribution is 6.63. The zero-order valence-electron chi connectivity index (χ0n) is 7.72. The van der Waals surface area contributed by atoms with E-state index in [0.717, 1.165) is 11.3 Å². The van der Waals surface area contributed by atoms with Gasteiger partial charge in [-0.1, -0.05) is 11.6 Å². The van der Waals surface area contributed by atoms with Crippen molar-refractivity contribution in [2.24, 2.45) is 0 Å². The van der Waals surface area contributed by atoms with Crippen LogP contribution in [0.4, 0.5) is 0 Å². The van der Waals surface area contributed by atoms with E-state index in [1.165, 1.54) is 0 Å². The summed E-state index contributed by atoms with van der Waals surface area (Å²) in [6, 6.07) is 5.29. The molecule has 0 saturated heterocycles. The lowest BCUT2D eigenvalue weighted by atomic mass is 10.1. The van der Waals surface area contributed by atoms with Crippen LogP contribution in [0.1, 0.15) is 12.0 Å². The Kier molecular flexibility index (Phi) is 4.23. The number of carbonyl (C=O) groups excluding carboxylic acids is 1. The molecule has 0 heterocycles. The van der Waals surface area contributed by atoms with Crippen LogP contribution < -0.4 is 4.74 Å². The van der Waals surface area contributed by atoms with Crippen LogP contribution in [-0.2, 0) is 11.2 Å². The zero-order valence-corrected chi connectivity index (χ0v) is 9.23. The Morgan fingerprint density at radius 2 is 2.21 bits per heavy atom. The van der Waals surface area contributed by atoms with E-state index in [1.54, 1.807) is 25.3 Å². The molecule has 0 fully saturated rings. The third kappa shape index (κ3) is 3.20. The lowest BCUT2D eigenvalue weighted by Gasteiger charge is -2.07. The summed E-state index contributed by atoms with van der Waals surface area (Å²) in [7, 11) is 1.58. The molecule has 0 aromatic heterocycles. The van der Waals surface area contributed by atoms with Crippen molar-refractivity contribution in [2.75, 3.05) is 7.11 Å². The normalized spacial score (nSPS) is 9.93. The van der Waals surface area contributed by atoms with Crippen molar-refractivity contribution >= 4 is 28.4 Å². The molecule has 76 valence electrons. The first-order chi connectivity index (χ1) is 6.63. The summed E-state index contributed by atoms with van der Waals surface area (Å²) in [6.45, 7) is 0. The van der Waals surface area contributed by atoms with Gasteiger partial charge in [-0.2, -0.15) is 0 Å². The number of hydrogen-bond acceptors (Lipinski definition) is 2. The first-order valence-corrected chi connectivity index (χ1v) is 4.90. The number of hydrogen-bond donors (Lipinski definition) is 0. The third-order valence-corrected chi connectivity index (χ3v) is 2.26. The molecule has 14 heavy (non-hydrogen) atoms. The fourth-order valence-corrected chi connectivity index (χ4v) is 1.46. The molecule has 0 radical (unpaired) electrons. The predicted octanol–water partition coefficient (Wildman–Crippen LogP) is 3.05. The van der Waals surface area contributed by atoms with Gasteiger partial charge in [0.15, 0.2) is 0 Å². The first-order valence-electron chi connectivity index (χ1n) is 4.14. The molecule has 0 aliphatic heterocycles. The third-order valence-electron chi connectivity index (χ3n) is 1.83. The van der Waals surface area contributed by atoms with E-state index >= 15 is 0 Å². The Hall–Kier alpha value is -0.730. The minimum Gasteiger partial charge on any atom is -0.496 e. The molecule has 0 atom stereocenters. The molecule has 0 amide bonds. The Bertz CT molecular complexity index is 337. The first kappa shape index (κ1) is 11.3. The van der Waals surface area contributed by atoms with Crippen molar-refractivity contribution in [1.82, 2.24) is 0 Å². The molecule has 0 saturated carbocycles. The fourth-order valence-electron chi connectivity index (χ4n) is 1.18. The molecule has 0 N–H and O–H groups in total. The lowest BCUT2D eigenvalue weighted by Crippen LogP contribution is -1.95. The average Bonchev–Trinajstić information content (AvgIpc) is 2.15. The highest BCUT2D eigenvalue weighted by Gasteiger charge is 2.05. The van der Waals surface area contributed by atoms with E-state index in [0.29, 0.717) is 11.4 Å². The Balaban J connectivity index is 2.82. The Morgan fingerprint density at radius 1 is 1.50 bits per heavy atom. The van der Waals surface area contributed by atoms with Gasteiger partial charge in [0, 0.05) is 11.4 Å². The maximum atomic E-state index is 10.6. The van der Waals surface area contributed by atoms with Crippen LogP contribution >= 0.6 is 23.2 Å². The maximum Gasteiger partial charge on any atom is 0.221 e. The van der Waals surface area contributed by atoms with Gasteiger partial charge in [0.25, 0.3) is 0 Å². The van der Waals surface area contributed by atoms with Gasteiger partial charge in [0.2, 0.25) is 5.24 Å².